The highest BCUT2D eigenvalue weighted by Crippen LogP contribution is 2.48. The second kappa shape index (κ2) is 10.2. The molecule has 8 heteroatoms. The van der Waals surface area contributed by atoms with E-state index in [2.05, 4.69) is 0 Å². The van der Waals surface area contributed by atoms with Crippen molar-refractivity contribution >= 4 is 20.2 Å². The average molecular weight is 491 g/mol. The zero-order valence-corrected chi connectivity index (χ0v) is 20.9. The molecule has 0 aliphatic heterocycles. The average Bonchev–Trinajstić information content (AvgIpc) is 2.78. The van der Waals surface area contributed by atoms with Crippen LogP contribution in [0.3, 0.4) is 0 Å². The Morgan fingerprint density at radius 1 is 0.344 bits per heavy atom. The first-order valence-corrected chi connectivity index (χ1v) is 16.0. The molecule has 186 valence electrons. The summed E-state index contributed by atoms with van der Waals surface area (Å²) < 4.78 is 64.2. The van der Waals surface area contributed by atoms with Crippen molar-refractivity contribution < 1.29 is 25.9 Å². The second-order valence-corrected chi connectivity index (χ2v) is 14.8. The number of rotatable bonds is 5. The highest BCUT2D eigenvalue weighted by atomic mass is 32.2. The van der Waals surface area contributed by atoms with Gasteiger partial charge in [0.15, 0.2) is 0 Å². The first-order valence-electron chi connectivity index (χ1n) is 13.0. The maximum atomic E-state index is 11.4. The summed E-state index contributed by atoms with van der Waals surface area (Å²) in [4.78, 5) is 0. The monoisotopic (exact) mass is 490 g/mol. The minimum atomic E-state index is -3.86. The second-order valence-electron chi connectivity index (χ2n) is 11.5. The van der Waals surface area contributed by atoms with E-state index in [-0.39, 0.29) is 0 Å². The third-order valence-electron chi connectivity index (χ3n) is 9.91. The highest BCUT2D eigenvalue weighted by molar-refractivity contribution is 7.86. The summed E-state index contributed by atoms with van der Waals surface area (Å²) in [5.41, 5.74) is 0. The Bertz CT molecular complexity index is 737. The van der Waals surface area contributed by atoms with Gasteiger partial charge in [0.25, 0.3) is 20.2 Å². The molecular formula is C24H42O6S2. The zero-order valence-electron chi connectivity index (χ0n) is 19.3. The van der Waals surface area contributed by atoms with Gasteiger partial charge in [0.1, 0.15) is 0 Å². The van der Waals surface area contributed by atoms with Gasteiger partial charge < -0.3 is 0 Å². The van der Waals surface area contributed by atoms with Crippen LogP contribution in [0.2, 0.25) is 0 Å². The molecule has 0 heterocycles. The van der Waals surface area contributed by atoms with Gasteiger partial charge in [-0.1, -0.05) is 0 Å². The summed E-state index contributed by atoms with van der Waals surface area (Å²) >= 11 is 0. The van der Waals surface area contributed by atoms with E-state index in [9.17, 15) is 25.9 Å². The quantitative estimate of drug-likeness (QED) is 0.493. The fraction of sp³-hybridized carbons (Fsp3) is 1.00. The SMILES string of the molecule is O=S(=O)(O)C1CCC(C2CCC(C3CCC(C4CCC(S(=O)(=O)O)CC4)CC3)CC2)CC1. The Kier molecular flexibility index (Phi) is 7.95. The predicted octanol–water partition coefficient (Wildman–Crippen LogP) is 5.49. The summed E-state index contributed by atoms with van der Waals surface area (Å²) in [6.45, 7) is 0. The minimum Gasteiger partial charge on any atom is -0.285 e. The molecule has 0 spiro atoms. The molecule has 6 nitrogen and oxygen atoms in total. The topological polar surface area (TPSA) is 109 Å². The Morgan fingerprint density at radius 3 is 0.656 bits per heavy atom. The van der Waals surface area contributed by atoms with Crippen LogP contribution in [0, 0.1) is 35.5 Å². The molecule has 4 fully saturated rings. The van der Waals surface area contributed by atoms with Crippen molar-refractivity contribution in [1.82, 2.24) is 0 Å². The van der Waals surface area contributed by atoms with E-state index in [0.717, 1.165) is 49.4 Å². The third-order valence-corrected chi connectivity index (χ3v) is 12.5. The molecule has 0 aromatic carbocycles. The normalized spacial score (nSPS) is 42.4. The Labute approximate surface area is 194 Å². The summed E-state index contributed by atoms with van der Waals surface area (Å²) in [6.07, 6.45) is 16.7. The summed E-state index contributed by atoms with van der Waals surface area (Å²) in [5, 5.41) is -1.07. The lowest BCUT2D eigenvalue weighted by Gasteiger charge is -2.42. The molecule has 4 rings (SSSR count). The van der Waals surface area contributed by atoms with Gasteiger partial charge in [-0.3, -0.25) is 9.11 Å². The van der Waals surface area contributed by atoms with Crippen molar-refractivity contribution in [2.45, 2.75) is 113 Å². The van der Waals surface area contributed by atoms with Gasteiger partial charge in [0, 0.05) is 0 Å². The minimum absolute atomic E-state index is 0.534. The molecule has 0 bridgehead atoms. The molecule has 0 unspecified atom stereocenters. The summed E-state index contributed by atoms with van der Waals surface area (Å²) in [6, 6.07) is 0. The van der Waals surface area contributed by atoms with Crippen molar-refractivity contribution in [3.8, 4) is 0 Å². The van der Waals surface area contributed by atoms with Crippen LogP contribution in [0.4, 0.5) is 0 Å². The van der Waals surface area contributed by atoms with Gasteiger partial charge in [-0.25, -0.2) is 0 Å². The van der Waals surface area contributed by atoms with E-state index in [1.807, 2.05) is 0 Å². The van der Waals surface area contributed by atoms with Crippen LogP contribution in [0.1, 0.15) is 103 Å². The van der Waals surface area contributed by atoms with Gasteiger partial charge in [0.2, 0.25) is 0 Å². The van der Waals surface area contributed by atoms with Crippen LogP contribution >= 0.6 is 0 Å². The standard InChI is InChI=1S/C24H42O6S2/c25-31(26,27)23-13-9-21(10-14-23)19-5-1-17(2-6-19)18-3-7-20(8-4-18)22-11-15-24(16-12-22)32(28,29)30/h17-24H,1-16H2,(H,25,26,27)(H,28,29,30). The maximum Gasteiger partial charge on any atom is 0.267 e. The zero-order chi connectivity index (χ0) is 22.9. The van der Waals surface area contributed by atoms with Crippen molar-refractivity contribution in [2.75, 3.05) is 0 Å². The van der Waals surface area contributed by atoms with Gasteiger partial charge in [-0.05, 0) is 138 Å². The van der Waals surface area contributed by atoms with E-state index in [4.69, 9.17) is 0 Å². The molecule has 0 amide bonds. The fourth-order valence-electron chi connectivity index (χ4n) is 7.89. The Morgan fingerprint density at radius 2 is 0.500 bits per heavy atom. The smallest absolute Gasteiger partial charge is 0.267 e. The molecule has 0 saturated heterocycles. The number of hydrogen-bond donors (Lipinski definition) is 2. The van der Waals surface area contributed by atoms with Crippen LogP contribution in [0.15, 0.2) is 0 Å². The Hall–Kier alpha value is -0.180. The van der Waals surface area contributed by atoms with Gasteiger partial charge in [0.05, 0.1) is 10.5 Å². The van der Waals surface area contributed by atoms with Gasteiger partial charge >= 0.3 is 0 Å². The van der Waals surface area contributed by atoms with E-state index in [1.165, 1.54) is 51.4 Å². The van der Waals surface area contributed by atoms with Crippen LogP contribution < -0.4 is 0 Å². The molecule has 4 aliphatic carbocycles. The van der Waals surface area contributed by atoms with E-state index in [0.29, 0.717) is 37.5 Å². The van der Waals surface area contributed by atoms with Crippen molar-refractivity contribution in [1.29, 1.82) is 0 Å². The molecule has 4 saturated carbocycles. The molecular weight excluding hydrogens is 448 g/mol. The van der Waals surface area contributed by atoms with Crippen LogP contribution in [0.5, 0.6) is 0 Å². The fourth-order valence-corrected chi connectivity index (χ4v) is 9.63. The van der Waals surface area contributed by atoms with Gasteiger partial charge in [-0.15, -0.1) is 0 Å². The maximum absolute atomic E-state index is 11.4. The molecule has 32 heavy (non-hydrogen) atoms. The van der Waals surface area contributed by atoms with Crippen molar-refractivity contribution in [2.24, 2.45) is 35.5 Å². The van der Waals surface area contributed by atoms with E-state index in [1.54, 1.807) is 0 Å². The lowest BCUT2D eigenvalue weighted by atomic mass is 9.64. The molecule has 2 N–H and O–H groups in total. The summed E-state index contributed by atoms with van der Waals surface area (Å²) in [5.74, 6) is 4.45. The van der Waals surface area contributed by atoms with Crippen LogP contribution in [-0.4, -0.2) is 36.4 Å². The first-order chi connectivity index (χ1) is 15.1. The highest BCUT2D eigenvalue weighted by Gasteiger charge is 2.38. The lowest BCUT2D eigenvalue weighted by molar-refractivity contribution is 0.0946. The van der Waals surface area contributed by atoms with Crippen LogP contribution in [-0.2, 0) is 20.2 Å². The number of hydrogen-bond acceptors (Lipinski definition) is 4. The predicted molar refractivity (Wildman–Crippen MR) is 125 cm³/mol. The molecule has 0 radical (unpaired) electrons. The molecule has 4 aliphatic rings. The lowest BCUT2D eigenvalue weighted by Crippen LogP contribution is -2.34. The molecule has 0 aromatic heterocycles. The third kappa shape index (κ3) is 6.08. The molecule has 0 atom stereocenters. The van der Waals surface area contributed by atoms with Crippen LogP contribution in [0.25, 0.3) is 0 Å². The molecule has 0 aromatic rings. The van der Waals surface area contributed by atoms with Gasteiger partial charge in [-0.2, -0.15) is 16.8 Å². The Balaban J connectivity index is 1.16. The van der Waals surface area contributed by atoms with E-state index < -0.39 is 30.7 Å². The summed E-state index contributed by atoms with van der Waals surface area (Å²) in [7, 11) is -7.73. The van der Waals surface area contributed by atoms with Crippen molar-refractivity contribution in [3.05, 3.63) is 0 Å². The largest absolute Gasteiger partial charge is 0.285 e. The first kappa shape index (κ1) is 24.9. The van der Waals surface area contributed by atoms with E-state index >= 15 is 0 Å². The van der Waals surface area contributed by atoms with Crippen molar-refractivity contribution in [3.63, 3.8) is 0 Å².